The summed E-state index contributed by atoms with van der Waals surface area (Å²) in [6, 6.07) is 20.9. The molecule has 0 bridgehead atoms. The summed E-state index contributed by atoms with van der Waals surface area (Å²) in [5, 5.41) is 1.05. The molecule has 3 heterocycles. The van der Waals surface area contributed by atoms with Crippen molar-refractivity contribution in [3.05, 3.63) is 101 Å². The Morgan fingerprint density at radius 2 is 1.77 bits per heavy atom. The number of carbonyl (C=O) groups is 3. The topological polar surface area (TPSA) is 82.7 Å². The molecule has 3 aromatic carbocycles. The number of aromatic amines is 1. The van der Waals surface area contributed by atoms with Crippen LogP contribution in [0.5, 0.6) is 0 Å². The number of anilines is 1. The first-order valence-electron chi connectivity index (χ1n) is 11.5. The number of fused-ring (bicyclic) bond motifs is 4. The number of benzene rings is 3. The molecule has 0 radical (unpaired) electrons. The lowest BCUT2D eigenvalue weighted by Crippen LogP contribution is -2.44. The number of hydrogen-bond donors (Lipinski definition) is 1. The van der Waals surface area contributed by atoms with Gasteiger partial charge in [0.1, 0.15) is 12.1 Å². The quantitative estimate of drug-likeness (QED) is 0.350. The van der Waals surface area contributed by atoms with Gasteiger partial charge in [0.05, 0.1) is 18.4 Å². The van der Waals surface area contributed by atoms with Crippen molar-refractivity contribution in [1.29, 1.82) is 0 Å². The Morgan fingerprint density at radius 3 is 2.57 bits per heavy atom. The molecule has 0 unspecified atom stereocenters. The van der Waals surface area contributed by atoms with E-state index in [1.54, 1.807) is 29.2 Å². The Balaban J connectivity index is 1.55. The summed E-state index contributed by atoms with van der Waals surface area (Å²) in [4.78, 5) is 46.6. The summed E-state index contributed by atoms with van der Waals surface area (Å²) in [6.07, 6.45) is 0.392. The number of esters is 1. The van der Waals surface area contributed by atoms with E-state index in [-0.39, 0.29) is 17.2 Å². The lowest BCUT2D eigenvalue weighted by molar-refractivity contribution is -0.120. The van der Waals surface area contributed by atoms with Gasteiger partial charge in [0.2, 0.25) is 0 Å². The molecule has 35 heavy (non-hydrogen) atoms. The van der Waals surface area contributed by atoms with Crippen molar-refractivity contribution in [2.75, 3.05) is 12.0 Å². The summed E-state index contributed by atoms with van der Waals surface area (Å²) in [5.74, 6) is -0.947. The fraction of sp³-hybridized carbons (Fsp3) is 0.179. The van der Waals surface area contributed by atoms with Crippen molar-refractivity contribution in [3.63, 3.8) is 0 Å². The summed E-state index contributed by atoms with van der Waals surface area (Å²) >= 11 is 0. The second kappa shape index (κ2) is 7.84. The van der Waals surface area contributed by atoms with Crippen molar-refractivity contribution in [1.82, 2.24) is 9.88 Å². The minimum Gasteiger partial charge on any atom is -0.465 e. The second-order valence-electron chi connectivity index (χ2n) is 8.97. The van der Waals surface area contributed by atoms with Crippen LogP contribution in [0.15, 0.2) is 72.8 Å². The minimum atomic E-state index is -0.689. The van der Waals surface area contributed by atoms with Crippen LogP contribution in [0.1, 0.15) is 38.8 Å². The molecule has 7 heteroatoms. The van der Waals surface area contributed by atoms with E-state index >= 15 is 0 Å². The van der Waals surface area contributed by atoms with E-state index in [0.29, 0.717) is 6.42 Å². The van der Waals surface area contributed by atoms with Crippen LogP contribution in [0.4, 0.5) is 10.5 Å². The molecule has 7 nitrogen and oxygen atoms in total. The number of carbonyl (C=O) groups excluding carboxylic acids is 3. The Hall–Kier alpha value is -4.39. The molecule has 0 aliphatic carbocycles. The summed E-state index contributed by atoms with van der Waals surface area (Å²) in [6.45, 7) is 2.01. The van der Waals surface area contributed by atoms with Crippen molar-refractivity contribution in [2.24, 2.45) is 0 Å². The van der Waals surface area contributed by atoms with Crippen LogP contribution in [0.2, 0.25) is 0 Å². The number of methoxy groups -OCH3 is 1. The van der Waals surface area contributed by atoms with E-state index in [2.05, 4.69) is 4.98 Å². The van der Waals surface area contributed by atoms with E-state index in [0.717, 1.165) is 38.2 Å². The Bertz CT molecular complexity index is 1520. The maximum absolute atomic E-state index is 14.0. The van der Waals surface area contributed by atoms with E-state index in [9.17, 15) is 14.4 Å². The summed E-state index contributed by atoms with van der Waals surface area (Å²) < 4.78 is 4.91. The third-order valence-corrected chi connectivity index (χ3v) is 6.96. The number of aromatic nitrogens is 1. The number of imide groups is 1. The van der Waals surface area contributed by atoms with Crippen LogP contribution in [0.25, 0.3) is 10.9 Å². The molecule has 6 rings (SSSR count). The zero-order valence-electron chi connectivity index (χ0n) is 19.3. The van der Waals surface area contributed by atoms with Crippen molar-refractivity contribution in [3.8, 4) is 0 Å². The Morgan fingerprint density at radius 1 is 1.00 bits per heavy atom. The molecule has 1 aromatic heterocycles. The lowest BCUT2D eigenvalue weighted by atomic mass is 9.88. The zero-order valence-corrected chi connectivity index (χ0v) is 19.3. The number of para-hydroxylation sites is 2. The van der Waals surface area contributed by atoms with Crippen LogP contribution in [-0.2, 0) is 16.0 Å². The predicted molar refractivity (Wildman–Crippen MR) is 131 cm³/mol. The van der Waals surface area contributed by atoms with E-state index in [1.807, 2.05) is 55.5 Å². The molecule has 2 aliphatic rings. The van der Waals surface area contributed by atoms with Crippen LogP contribution in [0.3, 0.4) is 0 Å². The van der Waals surface area contributed by atoms with Gasteiger partial charge in [-0.25, -0.2) is 14.5 Å². The molecule has 174 valence electrons. The highest BCUT2D eigenvalue weighted by Gasteiger charge is 2.53. The van der Waals surface area contributed by atoms with Crippen molar-refractivity contribution < 1.29 is 19.1 Å². The number of nitrogens with one attached hydrogen (secondary N) is 1. The number of nitrogens with zero attached hydrogens (tertiary/aromatic N) is 2. The maximum atomic E-state index is 14.0. The van der Waals surface area contributed by atoms with Gasteiger partial charge in [-0.15, -0.1) is 0 Å². The smallest absolute Gasteiger partial charge is 0.339 e. The predicted octanol–water partition coefficient (Wildman–Crippen LogP) is 4.75. The fourth-order valence-electron chi connectivity index (χ4n) is 5.43. The molecule has 1 N–H and O–H groups in total. The van der Waals surface area contributed by atoms with E-state index in [4.69, 9.17) is 4.74 Å². The highest BCUT2D eigenvalue weighted by molar-refractivity contribution is 6.23. The molecule has 1 fully saturated rings. The van der Waals surface area contributed by atoms with Gasteiger partial charge in [0.15, 0.2) is 0 Å². The highest BCUT2D eigenvalue weighted by Crippen LogP contribution is 2.45. The van der Waals surface area contributed by atoms with Gasteiger partial charge in [-0.3, -0.25) is 9.69 Å². The third kappa shape index (κ3) is 3.08. The van der Waals surface area contributed by atoms with E-state index in [1.165, 1.54) is 7.11 Å². The fourth-order valence-corrected chi connectivity index (χ4v) is 5.43. The highest BCUT2D eigenvalue weighted by atomic mass is 16.5. The largest absolute Gasteiger partial charge is 0.465 e. The van der Waals surface area contributed by atoms with Crippen LogP contribution in [0, 0.1) is 6.92 Å². The normalized spacial score (nSPS) is 19.1. The SMILES string of the molecule is COC(=O)c1ccccc1N1C(=O)[C@@H]2Cc3c([nH]c4ccccc34)[C@@H](c3cccc(C)c3)N2C1=O. The van der Waals surface area contributed by atoms with E-state index < -0.39 is 24.1 Å². The number of H-pyrrole nitrogens is 1. The van der Waals surface area contributed by atoms with Crippen LogP contribution >= 0.6 is 0 Å². The van der Waals surface area contributed by atoms with Crippen molar-refractivity contribution in [2.45, 2.75) is 25.4 Å². The Kier molecular flexibility index (Phi) is 4.74. The first kappa shape index (κ1) is 21.2. The third-order valence-electron chi connectivity index (χ3n) is 6.96. The van der Waals surface area contributed by atoms with Gasteiger partial charge in [0.25, 0.3) is 5.91 Å². The maximum Gasteiger partial charge on any atom is 0.339 e. The molecule has 4 aromatic rings. The average molecular weight is 466 g/mol. The Labute approximate surface area is 201 Å². The van der Waals surface area contributed by atoms with Crippen LogP contribution < -0.4 is 4.90 Å². The van der Waals surface area contributed by atoms with Gasteiger partial charge < -0.3 is 9.72 Å². The first-order valence-corrected chi connectivity index (χ1v) is 11.5. The molecule has 3 amide bonds. The number of hydrogen-bond acceptors (Lipinski definition) is 4. The minimum absolute atomic E-state index is 0.174. The van der Waals surface area contributed by atoms with Gasteiger partial charge in [-0.2, -0.15) is 0 Å². The number of aryl methyl sites for hydroxylation is 1. The standard InChI is InChI=1S/C28H23N3O4/c1-16-8-7-9-17(14-16)25-24-20(18-10-3-5-12-21(18)29-24)15-23-26(32)31(28(34)30(23)25)22-13-6-4-11-19(22)27(33)35-2/h3-14,23,25,29H,15H2,1-2H3/t23-,25+/m0/s1. The molecular formula is C28H23N3O4. The average Bonchev–Trinajstić information content (AvgIpc) is 3.36. The van der Waals surface area contributed by atoms with Gasteiger partial charge >= 0.3 is 12.0 Å². The first-order chi connectivity index (χ1) is 17.0. The second-order valence-corrected chi connectivity index (χ2v) is 8.97. The number of urea groups is 1. The molecule has 1 saturated heterocycles. The number of rotatable bonds is 3. The van der Waals surface area contributed by atoms with Crippen LogP contribution in [-0.4, -0.2) is 40.9 Å². The summed E-state index contributed by atoms with van der Waals surface area (Å²) in [5.41, 5.74) is 5.33. The zero-order chi connectivity index (χ0) is 24.3. The van der Waals surface area contributed by atoms with Gasteiger partial charge in [-0.1, -0.05) is 60.2 Å². The number of ether oxygens (including phenoxy) is 1. The van der Waals surface area contributed by atoms with Crippen molar-refractivity contribution >= 4 is 34.5 Å². The monoisotopic (exact) mass is 465 g/mol. The lowest BCUT2D eigenvalue weighted by Gasteiger charge is -2.36. The molecule has 2 aliphatic heterocycles. The molecule has 0 spiro atoms. The van der Waals surface area contributed by atoms with Gasteiger partial charge in [-0.05, 0) is 36.2 Å². The molecular weight excluding hydrogens is 442 g/mol. The van der Waals surface area contributed by atoms with Gasteiger partial charge in [0, 0.05) is 23.0 Å². The number of amides is 3. The molecule has 0 saturated carbocycles. The summed E-state index contributed by atoms with van der Waals surface area (Å²) in [7, 11) is 1.28. The molecule has 2 atom stereocenters.